The van der Waals surface area contributed by atoms with Gasteiger partial charge in [-0.2, -0.15) is 5.10 Å². The predicted octanol–water partition coefficient (Wildman–Crippen LogP) is 3.09. The lowest BCUT2D eigenvalue weighted by Crippen LogP contribution is -2.39. The van der Waals surface area contributed by atoms with Crippen LogP contribution in [0.2, 0.25) is 0 Å². The summed E-state index contributed by atoms with van der Waals surface area (Å²) in [6.45, 7) is 2.80. The second-order valence-corrected chi connectivity index (χ2v) is 6.58. The third kappa shape index (κ3) is 4.04. The number of nitrogens with one attached hydrogen (secondary N) is 1. The van der Waals surface area contributed by atoms with Crippen molar-refractivity contribution in [1.82, 2.24) is 14.7 Å². The number of nitrogens with zero attached hydrogens (tertiary/aromatic N) is 3. The summed E-state index contributed by atoms with van der Waals surface area (Å²) in [6, 6.07) is 5.30. The molecule has 0 aliphatic carbocycles. The number of amides is 2. The van der Waals surface area contributed by atoms with E-state index >= 15 is 0 Å². The molecule has 1 fully saturated rings. The molecule has 0 aromatic carbocycles. The van der Waals surface area contributed by atoms with E-state index in [-0.39, 0.29) is 12.1 Å². The zero-order valence-electron chi connectivity index (χ0n) is 14.8. The lowest BCUT2D eigenvalue weighted by Gasteiger charge is -2.26. The maximum atomic E-state index is 12.7. The van der Waals surface area contributed by atoms with Gasteiger partial charge in [0, 0.05) is 32.1 Å². The van der Waals surface area contributed by atoms with Crippen molar-refractivity contribution in [3.8, 4) is 0 Å². The number of aliphatic hydroxyl groups is 1. The molecule has 3 rings (SSSR count). The van der Waals surface area contributed by atoms with Gasteiger partial charge in [-0.1, -0.05) is 13.3 Å². The van der Waals surface area contributed by atoms with E-state index in [4.69, 9.17) is 4.42 Å². The van der Waals surface area contributed by atoms with Gasteiger partial charge in [0.05, 0.1) is 12.0 Å². The number of rotatable bonds is 6. The van der Waals surface area contributed by atoms with Crippen molar-refractivity contribution in [1.29, 1.82) is 0 Å². The Kier molecular flexibility index (Phi) is 5.43. The number of furan rings is 1. The third-order valence-corrected chi connectivity index (χ3v) is 4.68. The van der Waals surface area contributed by atoms with E-state index in [0.717, 1.165) is 31.4 Å². The number of anilines is 1. The van der Waals surface area contributed by atoms with Gasteiger partial charge in [-0.3, -0.25) is 10.00 Å². The van der Waals surface area contributed by atoms with Gasteiger partial charge in [-0.05, 0) is 31.4 Å². The summed E-state index contributed by atoms with van der Waals surface area (Å²) < 4.78 is 6.96. The van der Waals surface area contributed by atoms with Crippen LogP contribution in [0, 0.1) is 0 Å². The van der Waals surface area contributed by atoms with Crippen molar-refractivity contribution in [3.63, 3.8) is 0 Å². The standard InChI is InChI=1S/C18H26N4O3/c1-3-6-13-11-17(21(2)20-13)19-18(24)22-9-4-7-14(22)12-15(23)16-8-5-10-25-16/h5,8,10-11,14-15,23H,3-4,6-7,9,12H2,1-2H3,(H,19,24). The Hall–Kier alpha value is -2.28. The quantitative estimate of drug-likeness (QED) is 0.842. The zero-order chi connectivity index (χ0) is 17.8. The summed E-state index contributed by atoms with van der Waals surface area (Å²) in [4.78, 5) is 14.5. The Morgan fingerprint density at radius 3 is 3.12 bits per heavy atom. The number of likely N-dealkylation sites (tertiary alicyclic amines) is 1. The molecule has 7 nitrogen and oxygen atoms in total. The normalized spacial score (nSPS) is 18.5. The monoisotopic (exact) mass is 346 g/mol. The van der Waals surface area contributed by atoms with Gasteiger partial charge in [0.15, 0.2) is 0 Å². The molecule has 3 heterocycles. The number of aryl methyl sites for hydroxylation is 2. The van der Waals surface area contributed by atoms with E-state index in [0.29, 0.717) is 24.5 Å². The highest BCUT2D eigenvalue weighted by Gasteiger charge is 2.31. The first-order valence-electron chi connectivity index (χ1n) is 8.90. The van der Waals surface area contributed by atoms with Crippen LogP contribution in [0.4, 0.5) is 10.6 Å². The van der Waals surface area contributed by atoms with Crippen molar-refractivity contribution in [2.75, 3.05) is 11.9 Å². The number of hydrogen-bond donors (Lipinski definition) is 2. The zero-order valence-corrected chi connectivity index (χ0v) is 14.8. The maximum absolute atomic E-state index is 12.7. The second-order valence-electron chi connectivity index (χ2n) is 6.58. The molecule has 136 valence electrons. The summed E-state index contributed by atoms with van der Waals surface area (Å²) in [7, 11) is 1.83. The molecule has 2 amide bonds. The molecular formula is C18H26N4O3. The van der Waals surface area contributed by atoms with Gasteiger partial charge in [-0.15, -0.1) is 0 Å². The Morgan fingerprint density at radius 1 is 1.56 bits per heavy atom. The first-order chi connectivity index (χ1) is 12.1. The van der Waals surface area contributed by atoms with E-state index in [1.165, 1.54) is 0 Å². The van der Waals surface area contributed by atoms with Crippen molar-refractivity contribution >= 4 is 11.8 Å². The number of aromatic nitrogens is 2. The van der Waals surface area contributed by atoms with E-state index in [2.05, 4.69) is 17.3 Å². The largest absolute Gasteiger partial charge is 0.467 e. The maximum Gasteiger partial charge on any atom is 0.323 e. The molecule has 1 aliphatic rings. The summed E-state index contributed by atoms with van der Waals surface area (Å²) in [5.74, 6) is 1.24. The smallest absolute Gasteiger partial charge is 0.323 e. The Balaban J connectivity index is 1.62. The van der Waals surface area contributed by atoms with Crippen LogP contribution in [-0.4, -0.2) is 38.4 Å². The molecule has 2 atom stereocenters. The molecule has 0 saturated carbocycles. The summed E-state index contributed by atoms with van der Waals surface area (Å²) >= 11 is 0. The van der Waals surface area contributed by atoms with Crippen LogP contribution < -0.4 is 5.32 Å². The van der Waals surface area contributed by atoms with Crippen LogP contribution in [0.3, 0.4) is 0 Å². The Morgan fingerprint density at radius 2 is 2.40 bits per heavy atom. The van der Waals surface area contributed by atoms with Gasteiger partial charge in [0.2, 0.25) is 0 Å². The van der Waals surface area contributed by atoms with Crippen molar-refractivity contribution in [2.24, 2.45) is 7.05 Å². The van der Waals surface area contributed by atoms with Crippen molar-refractivity contribution < 1.29 is 14.3 Å². The van der Waals surface area contributed by atoms with E-state index < -0.39 is 6.10 Å². The Bertz CT molecular complexity index is 695. The van der Waals surface area contributed by atoms with Gasteiger partial charge < -0.3 is 14.4 Å². The Labute approximate surface area is 147 Å². The molecule has 0 spiro atoms. The summed E-state index contributed by atoms with van der Waals surface area (Å²) in [6.07, 6.45) is 5.07. The number of hydrogen-bond acceptors (Lipinski definition) is 4. The highest BCUT2D eigenvalue weighted by atomic mass is 16.4. The molecule has 2 unspecified atom stereocenters. The molecule has 25 heavy (non-hydrogen) atoms. The summed E-state index contributed by atoms with van der Waals surface area (Å²) in [5.41, 5.74) is 0.978. The SMILES string of the molecule is CCCc1cc(NC(=O)N2CCCC2CC(O)c2ccco2)n(C)n1. The van der Waals surface area contributed by atoms with Gasteiger partial charge >= 0.3 is 6.03 Å². The lowest BCUT2D eigenvalue weighted by molar-refractivity contribution is 0.110. The van der Waals surface area contributed by atoms with Crippen LogP contribution in [0.25, 0.3) is 0 Å². The van der Waals surface area contributed by atoms with Crippen LogP contribution in [0.15, 0.2) is 28.9 Å². The minimum atomic E-state index is -0.693. The first-order valence-corrected chi connectivity index (χ1v) is 8.90. The lowest BCUT2D eigenvalue weighted by atomic mass is 10.1. The van der Waals surface area contributed by atoms with Crippen LogP contribution >= 0.6 is 0 Å². The van der Waals surface area contributed by atoms with E-state index in [1.807, 2.05) is 13.1 Å². The topological polar surface area (TPSA) is 83.5 Å². The van der Waals surface area contributed by atoms with Crippen LogP contribution in [-0.2, 0) is 13.5 Å². The molecular weight excluding hydrogens is 320 g/mol. The average Bonchev–Trinajstić information content (AvgIpc) is 3.30. The van der Waals surface area contributed by atoms with Gasteiger partial charge in [0.1, 0.15) is 17.7 Å². The molecule has 2 aromatic rings. The van der Waals surface area contributed by atoms with Crippen LogP contribution in [0.5, 0.6) is 0 Å². The minimum Gasteiger partial charge on any atom is -0.467 e. The highest BCUT2D eigenvalue weighted by molar-refractivity contribution is 5.88. The fourth-order valence-corrected chi connectivity index (χ4v) is 3.41. The number of aliphatic hydroxyl groups excluding tert-OH is 1. The first kappa shape index (κ1) is 17.5. The van der Waals surface area contributed by atoms with Crippen molar-refractivity contribution in [3.05, 3.63) is 35.9 Å². The third-order valence-electron chi connectivity index (χ3n) is 4.68. The summed E-state index contributed by atoms with van der Waals surface area (Å²) in [5, 5.41) is 17.7. The highest BCUT2D eigenvalue weighted by Crippen LogP contribution is 2.28. The van der Waals surface area contributed by atoms with E-state index in [9.17, 15) is 9.90 Å². The van der Waals surface area contributed by atoms with Gasteiger partial charge in [0.25, 0.3) is 0 Å². The predicted molar refractivity (Wildman–Crippen MR) is 94.2 cm³/mol. The van der Waals surface area contributed by atoms with Crippen molar-refractivity contribution in [2.45, 2.75) is 51.2 Å². The average molecular weight is 346 g/mol. The molecule has 1 aliphatic heterocycles. The molecule has 2 N–H and O–H groups in total. The molecule has 2 aromatic heterocycles. The van der Waals surface area contributed by atoms with Crippen LogP contribution in [0.1, 0.15) is 50.2 Å². The van der Waals surface area contributed by atoms with E-state index in [1.54, 1.807) is 28.0 Å². The molecule has 1 saturated heterocycles. The molecule has 0 bridgehead atoms. The number of carbonyl (C=O) groups is 1. The minimum absolute atomic E-state index is 0.00318. The fraction of sp³-hybridized carbons (Fsp3) is 0.556. The fourth-order valence-electron chi connectivity index (χ4n) is 3.41. The number of carbonyl (C=O) groups excluding carboxylic acids is 1. The second kappa shape index (κ2) is 7.74. The molecule has 7 heteroatoms. The molecule has 0 radical (unpaired) electrons. The van der Waals surface area contributed by atoms with Gasteiger partial charge in [-0.25, -0.2) is 4.79 Å². The number of urea groups is 1.